The van der Waals surface area contributed by atoms with Crippen molar-refractivity contribution in [3.05, 3.63) is 0 Å². The van der Waals surface area contributed by atoms with Gasteiger partial charge in [-0.15, -0.1) is 0 Å². The molecule has 0 saturated heterocycles. The Morgan fingerprint density at radius 2 is 0.923 bits per heavy atom. The molecule has 0 aromatic carbocycles. The summed E-state index contributed by atoms with van der Waals surface area (Å²) in [6.07, 6.45) is 8.73. The predicted octanol–water partition coefficient (Wildman–Crippen LogP) is 1.51. The molecule has 4 heteroatoms. The van der Waals surface area contributed by atoms with E-state index in [0.29, 0.717) is 18.3 Å². The first-order valence-electron chi connectivity index (χ1n) is 5.36. The average molecular weight is 198 g/mol. The molecule has 0 bridgehead atoms. The van der Waals surface area contributed by atoms with Crippen LogP contribution >= 0.6 is 0 Å². The molecule has 0 atom stereocenters. The van der Waals surface area contributed by atoms with Crippen LogP contribution < -0.4 is 0 Å². The third-order valence-electron chi connectivity index (χ3n) is 2.48. The highest BCUT2D eigenvalue weighted by Gasteiger charge is 2.45. The molecule has 0 unspecified atom stereocenters. The van der Waals surface area contributed by atoms with Gasteiger partial charge in [-0.3, -0.25) is 0 Å². The van der Waals surface area contributed by atoms with Crippen LogP contribution in [0.3, 0.4) is 0 Å². The molecule has 0 heterocycles. The fourth-order valence-corrected chi connectivity index (χ4v) is 3.13. The summed E-state index contributed by atoms with van der Waals surface area (Å²) in [5, 5.41) is 0. The summed E-state index contributed by atoms with van der Waals surface area (Å²) in [5.41, 5.74) is 0. The normalized spacial score (nSPS) is 27.7. The Balaban J connectivity index is 1.45. The first kappa shape index (κ1) is 8.70. The molecule has 13 heavy (non-hydrogen) atoms. The van der Waals surface area contributed by atoms with Gasteiger partial charge in [0.2, 0.25) is 0 Å². The molecule has 3 aliphatic carbocycles. The average Bonchev–Trinajstić information content (AvgIpc) is 2.94. The minimum atomic E-state index is -1.72. The molecule has 0 N–H and O–H groups in total. The van der Waals surface area contributed by atoms with Gasteiger partial charge in [-0.2, -0.15) is 0 Å². The SMILES string of the molecule is C1CC1[O][Al]([O]C1CC1)[O]C1CC1. The highest BCUT2D eigenvalue weighted by Crippen LogP contribution is 2.32. The van der Waals surface area contributed by atoms with E-state index in [0.717, 1.165) is 0 Å². The van der Waals surface area contributed by atoms with E-state index in [9.17, 15) is 0 Å². The second-order valence-electron chi connectivity index (χ2n) is 4.29. The molecular weight excluding hydrogens is 183 g/mol. The molecule has 0 radical (unpaired) electrons. The zero-order valence-corrected chi connectivity index (χ0v) is 8.93. The Labute approximate surface area is 83.7 Å². The summed E-state index contributed by atoms with van der Waals surface area (Å²) < 4.78 is 17.3. The lowest BCUT2D eigenvalue weighted by Gasteiger charge is -2.11. The third kappa shape index (κ3) is 2.94. The van der Waals surface area contributed by atoms with Crippen molar-refractivity contribution < 1.29 is 11.4 Å². The molecular formula is C9H15AlO3. The van der Waals surface area contributed by atoms with Gasteiger partial charge in [0.15, 0.2) is 0 Å². The molecule has 3 saturated carbocycles. The van der Waals surface area contributed by atoms with Crippen LogP contribution in [0.25, 0.3) is 0 Å². The Morgan fingerprint density at radius 1 is 0.615 bits per heavy atom. The Hall–Kier alpha value is 0.412. The van der Waals surface area contributed by atoms with Crippen molar-refractivity contribution in [2.75, 3.05) is 0 Å². The minimum Gasteiger partial charge on any atom is -0.452 e. The van der Waals surface area contributed by atoms with E-state index in [1.165, 1.54) is 38.5 Å². The summed E-state index contributed by atoms with van der Waals surface area (Å²) >= 11 is -1.72. The Bertz CT molecular complexity index is 154. The number of hydrogen-bond donors (Lipinski definition) is 0. The van der Waals surface area contributed by atoms with E-state index < -0.39 is 15.1 Å². The Kier molecular flexibility index (Phi) is 2.36. The number of rotatable bonds is 6. The van der Waals surface area contributed by atoms with Gasteiger partial charge in [0, 0.05) is 18.3 Å². The van der Waals surface area contributed by atoms with Crippen molar-refractivity contribution in [2.24, 2.45) is 0 Å². The standard InChI is InChI=1S/3C3H5O.Al/c3*4-3-1-2-3;/h3*3H,1-2H2;/q3*-1;+3. The van der Waals surface area contributed by atoms with Crippen LogP contribution in [-0.2, 0) is 11.4 Å². The first-order chi connectivity index (χ1) is 6.40. The molecule has 3 nitrogen and oxygen atoms in total. The van der Waals surface area contributed by atoms with Gasteiger partial charge < -0.3 is 11.4 Å². The summed E-state index contributed by atoms with van der Waals surface area (Å²) in [5.74, 6) is 0. The Morgan fingerprint density at radius 3 is 1.15 bits per heavy atom. The van der Waals surface area contributed by atoms with Gasteiger partial charge in [-0.25, -0.2) is 0 Å². The van der Waals surface area contributed by atoms with Crippen LogP contribution in [0.1, 0.15) is 38.5 Å². The van der Waals surface area contributed by atoms with Crippen LogP contribution in [-0.4, -0.2) is 33.5 Å². The van der Waals surface area contributed by atoms with Gasteiger partial charge in [-0.1, -0.05) is 0 Å². The molecule has 3 aliphatic rings. The van der Waals surface area contributed by atoms with Crippen LogP contribution in [0.2, 0.25) is 0 Å². The largest absolute Gasteiger partial charge is 0.906 e. The maximum absolute atomic E-state index is 5.76. The van der Waals surface area contributed by atoms with Gasteiger partial charge in [0.25, 0.3) is 0 Å². The van der Waals surface area contributed by atoms with Crippen molar-refractivity contribution in [2.45, 2.75) is 56.8 Å². The van der Waals surface area contributed by atoms with Crippen LogP contribution in [0.15, 0.2) is 0 Å². The third-order valence-corrected chi connectivity index (χ3v) is 4.31. The van der Waals surface area contributed by atoms with Gasteiger partial charge in [0.05, 0.1) is 0 Å². The van der Waals surface area contributed by atoms with E-state index in [1.54, 1.807) is 0 Å². The van der Waals surface area contributed by atoms with Crippen molar-refractivity contribution in [1.29, 1.82) is 0 Å². The van der Waals surface area contributed by atoms with E-state index in [4.69, 9.17) is 11.4 Å². The molecule has 0 aromatic heterocycles. The van der Waals surface area contributed by atoms with Crippen molar-refractivity contribution in [1.82, 2.24) is 0 Å². The maximum Gasteiger partial charge on any atom is 0.906 e. The number of hydrogen-bond acceptors (Lipinski definition) is 3. The van der Waals surface area contributed by atoms with Crippen molar-refractivity contribution in [3.8, 4) is 0 Å². The van der Waals surface area contributed by atoms with E-state index in [2.05, 4.69) is 0 Å². The molecule has 3 fully saturated rings. The lowest BCUT2D eigenvalue weighted by molar-refractivity contribution is 0.0759. The topological polar surface area (TPSA) is 27.7 Å². The molecule has 0 amide bonds. The van der Waals surface area contributed by atoms with E-state index >= 15 is 0 Å². The van der Waals surface area contributed by atoms with Crippen LogP contribution in [0.5, 0.6) is 0 Å². The first-order valence-corrected chi connectivity index (χ1v) is 6.78. The zero-order valence-electron chi connectivity index (χ0n) is 7.78. The highest BCUT2D eigenvalue weighted by molar-refractivity contribution is 6.36. The second-order valence-corrected chi connectivity index (χ2v) is 5.69. The zero-order chi connectivity index (χ0) is 8.67. The summed E-state index contributed by atoms with van der Waals surface area (Å²) in [7, 11) is 0. The molecule has 3 rings (SSSR count). The summed E-state index contributed by atoms with van der Waals surface area (Å²) in [6, 6.07) is 0. The second kappa shape index (κ2) is 3.53. The fourth-order valence-electron chi connectivity index (χ4n) is 1.18. The van der Waals surface area contributed by atoms with Crippen LogP contribution in [0, 0.1) is 0 Å². The lowest BCUT2D eigenvalue weighted by Crippen LogP contribution is -2.30. The summed E-state index contributed by atoms with van der Waals surface area (Å²) in [6.45, 7) is 0. The maximum atomic E-state index is 5.76. The highest BCUT2D eigenvalue weighted by atomic mass is 27.3. The quantitative estimate of drug-likeness (QED) is 0.605. The van der Waals surface area contributed by atoms with Gasteiger partial charge in [0.1, 0.15) is 0 Å². The smallest absolute Gasteiger partial charge is 0.452 e. The van der Waals surface area contributed by atoms with Crippen molar-refractivity contribution >= 4 is 15.1 Å². The van der Waals surface area contributed by atoms with Gasteiger partial charge >= 0.3 is 15.1 Å². The monoisotopic (exact) mass is 198 g/mol. The van der Waals surface area contributed by atoms with Gasteiger partial charge in [-0.05, 0) is 38.5 Å². The van der Waals surface area contributed by atoms with E-state index in [-0.39, 0.29) is 0 Å². The summed E-state index contributed by atoms with van der Waals surface area (Å²) in [4.78, 5) is 0. The lowest BCUT2D eigenvalue weighted by atomic mass is 10.9. The molecule has 72 valence electrons. The molecule has 0 aromatic rings. The van der Waals surface area contributed by atoms with Crippen LogP contribution in [0.4, 0.5) is 0 Å². The predicted molar refractivity (Wildman–Crippen MR) is 48.1 cm³/mol. The van der Waals surface area contributed by atoms with E-state index in [1.807, 2.05) is 0 Å². The van der Waals surface area contributed by atoms with Crippen molar-refractivity contribution in [3.63, 3.8) is 0 Å². The fraction of sp³-hybridized carbons (Fsp3) is 1.00. The molecule has 0 aliphatic heterocycles. The minimum absolute atomic E-state index is 0.481. The molecule has 0 spiro atoms.